The largest absolute Gasteiger partial charge is 0.367 e. The molecule has 0 bridgehead atoms. The van der Waals surface area contributed by atoms with Crippen molar-refractivity contribution in [3.8, 4) is 0 Å². The number of hydrogen-bond donors (Lipinski definition) is 2. The molecule has 0 aromatic heterocycles. The Bertz CT molecular complexity index is 821. The van der Waals surface area contributed by atoms with Gasteiger partial charge in [-0.2, -0.15) is 0 Å². The number of nitrogens with zero attached hydrogens (tertiary/aromatic N) is 1. The normalized spacial score (nSPS) is 15.8. The summed E-state index contributed by atoms with van der Waals surface area (Å²) in [7, 11) is 0. The van der Waals surface area contributed by atoms with E-state index in [4.69, 9.17) is 12.2 Å². The molecule has 0 aliphatic carbocycles. The van der Waals surface area contributed by atoms with Crippen LogP contribution in [0.2, 0.25) is 0 Å². The van der Waals surface area contributed by atoms with Gasteiger partial charge in [-0.3, -0.25) is 9.69 Å². The van der Waals surface area contributed by atoms with Crippen molar-refractivity contribution in [3.05, 3.63) is 68.7 Å². The van der Waals surface area contributed by atoms with Crippen LogP contribution >= 0.6 is 44.1 Å². The lowest BCUT2D eigenvalue weighted by atomic mass is 10.2. The quantitative estimate of drug-likeness (QED) is 0.519. The molecule has 1 aliphatic rings. The van der Waals surface area contributed by atoms with Crippen molar-refractivity contribution >= 4 is 66.9 Å². The Morgan fingerprint density at radius 1 is 1.12 bits per heavy atom. The summed E-state index contributed by atoms with van der Waals surface area (Å²) in [4.78, 5) is 14.0. The van der Waals surface area contributed by atoms with Gasteiger partial charge in [0.25, 0.3) is 5.91 Å². The maximum Gasteiger partial charge on any atom is 0.278 e. The lowest BCUT2D eigenvalue weighted by Gasteiger charge is -2.15. The number of carbonyl (C=O) groups is 1. The number of amides is 1. The molecule has 0 atom stereocenters. The van der Waals surface area contributed by atoms with E-state index in [1.165, 1.54) is 4.90 Å². The van der Waals surface area contributed by atoms with Crippen LogP contribution in [0.4, 0.5) is 5.69 Å². The highest BCUT2D eigenvalue weighted by atomic mass is 79.9. The monoisotopic (exact) mass is 465 g/mol. The highest BCUT2D eigenvalue weighted by Gasteiger charge is 2.30. The zero-order chi connectivity index (χ0) is 17.1. The van der Waals surface area contributed by atoms with Crippen LogP contribution < -0.4 is 10.6 Å². The second-order valence-corrected chi connectivity index (χ2v) is 7.34. The molecule has 122 valence electrons. The van der Waals surface area contributed by atoms with E-state index in [0.717, 1.165) is 20.2 Å². The van der Waals surface area contributed by atoms with Crippen molar-refractivity contribution in [2.75, 3.05) is 12.0 Å². The summed E-state index contributed by atoms with van der Waals surface area (Å²) in [6, 6.07) is 15.4. The molecule has 1 saturated heterocycles. The summed E-state index contributed by atoms with van der Waals surface area (Å²) in [6.07, 6.45) is 1.79. The van der Waals surface area contributed by atoms with Crippen LogP contribution in [0.15, 0.2) is 63.2 Å². The topological polar surface area (TPSA) is 44.4 Å². The van der Waals surface area contributed by atoms with E-state index in [9.17, 15) is 4.79 Å². The molecule has 0 unspecified atom stereocenters. The van der Waals surface area contributed by atoms with E-state index < -0.39 is 0 Å². The third-order valence-corrected chi connectivity index (χ3v) is 4.75. The predicted molar refractivity (Wildman–Crippen MR) is 107 cm³/mol. The molecular formula is C17H13Br2N3OS. The number of nitrogens with one attached hydrogen (secondary N) is 2. The van der Waals surface area contributed by atoms with Gasteiger partial charge in [-0.15, -0.1) is 0 Å². The molecule has 0 radical (unpaired) electrons. The third kappa shape index (κ3) is 4.03. The van der Waals surface area contributed by atoms with Gasteiger partial charge in [0, 0.05) is 14.6 Å². The molecule has 1 amide bonds. The van der Waals surface area contributed by atoms with Crippen molar-refractivity contribution < 1.29 is 4.79 Å². The second kappa shape index (κ2) is 7.46. The number of rotatable bonds is 4. The standard InChI is InChI=1S/C17H13Br2N3OS/c18-12-4-6-14(7-5-12)20-10-22-16(23)15(21-17(22)24)9-11-2-1-3-13(19)8-11/h1-9,20H,10H2,(H,21,24)/b15-9+. The highest BCUT2D eigenvalue weighted by molar-refractivity contribution is 9.10. The van der Waals surface area contributed by atoms with Crippen LogP contribution in [0.5, 0.6) is 0 Å². The fourth-order valence-corrected chi connectivity index (χ4v) is 3.16. The van der Waals surface area contributed by atoms with Crippen molar-refractivity contribution in [1.82, 2.24) is 10.2 Å². The van der Waals surface area contributed by atoms with E-state index in [1.807, 2.05) is 48.5 Å². The minimum atomic E-state index is -0.149. The molecule has 0 spiro atoms. The summed E-state index contributed by atoms with van der Waals surface area (Å²) >= 11 is 12.1. The lowest BCUT2D eigenvalue weighted by molar-refractivity contribution is -0.122. The molecule has 2 aromatic carbocycles. The number of anilines is 1. The van der Waals surface area contributed by atoms with Gasteiger partial charge < -0.3 is 10.6 Å². The smallest absolute Gasteiger partial charge is 0.278 e. The Balaban J connectivity index is 1.71. The minimum absolute atomic E-state index is 0.149. The van der Waals surface area contributed by atoms with Crippen molar-refractivity contribution in [2.24, 2.45) is 0 Å². The van der Waals surface area contributed by atoms with E-state index in [1.54, 1.807) is 6.08 Å². The number of hydrogen-bond acceptors (Lipinski definition) is 3. The average Bonchev–Trinajstić information content (AvgIpc) is 2.81. The molecule has 1 heterocycles. The van der Waals surface area contributed by atoms with Gasteiger partial charge in [0.1, 0.15) is 5.70 Å². The molecule has 1 aliphatic heterocycles. The fourth-order valence-electron chi connectivity index (χ4n) is 2.22. The van der Waals surface area contributed by atoms with Crippen LogP contribution in [-0.4, -0.2) is 22.6 Å². The predicted octanol–water partition coefficient (Wildman–Crippen LogP) is 4.34. The van der Waals surface area contributed by atoms with Gasteiger partial charge in [0.05, 0.1) is 6.67 Å². The molecular weight excluding hydrogens is 454 g/mol. The first kappa shape index (κ1) is 17.1. The maximum absolute atomic E-state index is 12.5. The molecule has 7 heteroatoms. The fraction of sp³-hybridized carbons (Fsp3) is 0.0588. The highest BCUT2D eigenvalue weighted by Crippen LogP contribution is 2.18. The molecule has 1 fully saturated rings. The summed E-state index contributed by atoms with van der Waals surface area (Å²) in [6.45, 7) is 0.308. The number of thiocarbonyl (C=S) groups is 1. The van der Waals surface area contributed by atoms with E-state index in [2.05, 4.69) is 42.5 Å². The van der Waals surface area contributed by atoms with Crippen molar-refractivity contribution in [2.45, 2.75) is 0 Å². The van der Waals surface area contributed by atoms with Crippen LogP contribution in [0, 0.1) is 0 Å². The number of halogens is 2. The van der Waals surface area contributed by atoms with Crippen LogP contribution in [0.1, 0.15) is 5.56 Å². The Hall–Kier alpha value is -1.70. The minimum Gasteiger partial charge on any atom is -0.367 e. The first-order valence-electron chi connectivity index (χ1n) is 7.12. The average molecular weight is 467 g/mol. The van der Waals surface area contributed by atoms with Gasteiger partial charge in [0.2, 0.25) is 0 Å². The molecule has 2 N–H and O–H groups in total. The number of benzene rings is 2. The number of carbonyl (C=O) groups excluding carboxylic acids is 1. The first-order valence-corrected chi connectivity index (χ1v) is 9.12. The molecule has 3 rings (SSSR count). The van der Waals surface area contributed by atoms with Crippen LogP contribution in [-0.2, 0) is 4.79 Å². The Morgan fingerprint density at radius 2 is 1.88 bits per heavy atom. The summed E-state index contributed by atoms with van der Waals surface area (Å²) < 4.78 is 1.96. The molecule has 24 heavy (non-hydrogen) atoms. The van der Waals surface area contributed by atoms with Crippen LogP contribution in [0.25, 0.3) is 6.08 Å². The van der Waals surface area contributed by atoms with Gasteiger partial charge in [-0.1, -0.05) is 44.0 Å². The van der Waals surface area contributed by atoms with E-state index in [0.29, 0.717) is 17.5 Å². The van der Waals surface area contributed by atoms with Gasteiger partial charge in [0.15, 0.2) is 5.11 Å². The SMILES string of the molecule is O=C1/C(=C\c2cccc(Br)c2)NC(=S)N1CNc1ccc(Br)cc1. The third-order valence-electron chi connectivity index (χ3n) is 3.41. The van der Waals surface area contributed by atoms with Crippen molar-refractivity contribution in [1.29, 1.82) is 0 Å². The first-order chi connectivity index (χ1) is 11.5. The van der Waals surface area contributed by atoms with Gasteiger partial charge >= 0.3 is 0 Å². The van der Waals surface area contributed by atoms with Crippen molar-refractivity contribution in [3.63, 3.8) is 0 Å². The Morgan fingerprint density at radius 3 is 2.58 bits per heavy atom. The zero-order valence-electron chi connectivity index (χ0n) is 12.4. The van der Waals surface area contributed by atoms with E-state index in [-0.39, 0.29) is 5.91 Å². The summed E-state index contributed by atoms with van der Waals surface area (Å²) in [5.74, 6) is -0.149. The summed E-state index contributed by atoms with van der Waals surface area (Å²) in [5, 5.41) is 6.56. The van der Waals surface area contributed by atoms with Gasteiger partial charge in [-0.25, -0.2) is 0 Å². The van der Waals surface area contributed by atoms with Crippen LogP contribution in [0.3, 0.4) is 0 Å². The lowest BCUT2D eigenvalue weighted by Crippen LogP contribution is -2.35. The van der Waals surface area contributed by atoms with Gasteiger partial charge in [-0.05, 0) is 60.3 Å². The zero-order valence-corrected chi connectivity index (χ0v) is 16.4. The molecule has 0 saturated carbocycles. The second-order valence-electron chi connectivity index (χ2n) is 5.12. The molecule has 2 aromatic rings. The summed E-state index contributed by atoms with van der Waals surface area (Å²) in [5.41, 5.74) is 2.31. The molecule has 4 nitrogen and oxygen atoms in total. The maximum atomic E-state index is 12.5. The Kier molecular flexibility index (Phi) is 5.33. The Labute approximate surface area is 162 Å². The van der Waals surface area contributed by atoms with E-state index >= 15 is 0 Å².